The van der Waals surface area contributed by atoms with Crippen LogP contribution >= 0.6 is 10.7 Å². The third-order valence-electron chi connectivity index (χ3n) is 3.42. The van der Waals surface area contributed by atoms with E-state index in [1.807, 2.05) is 30.3 Å². The number of rotatable bonds is 7. The molecule has 1 atom stereocenters. The van der Waals surface area contributed by atoms with Gasteiger partial charge in [0.2, 0.25) is 9.05 Å². The number of hydrogen-bond acceptors (Lipinski definition) is 4. The lowest BCUT2D eigenvalue weighted by atomic mass is 10.1. The Balaban J connectivity index is 1.74. The number of carbonyl (C=O) groups excluding carboxylic acids is 1. The summed E-state index contributed by atoms with van der Waals surface area (Å²) in [4.78, 5) is 11.6. The number of hydrogen-bond donors (Lipinski definition) is 1. The van der Waals surface area contributed by atoms with Crippen molar-refractivity contribution in [2.24, 2.45) is 11.8 Å². The summed E-state index contributed by atoms with van der Waals surface area (Å²) >= 11 is 0. The van der Waals surface area contributed by atoms with Gasteiger partial charge in [0.05, 0.1) is 5.75 Å². The Hall–Kier alpha value is -1.27. The Kier molecular flexibility index (Phi) is 5.47. The largest absolute Gasteiger partial charge is 0.445 e. The molecule has 116 valence electrons. The van der Waals surface area contributed by atoms with Crippen LogP contribution in [0.4, 0.5) is 4.79 Å². The van der Waals surface area contributed by atoms with Crippen LogP contribution in [0.3, 0.4) is 0 Å². The number of amides is 1. The zero-order valence-electron chi connectivity index (χ0n) is 11.5. The van der Waals surface area contributed by atoms with Crippen molar-refractivity contribution in [2.75, 3.05) is 12.3 Å². The summed E-state index contributed by atoms with van der Waals surface area (Å²) < 4.78 is 27.4. The van der Waals surface area contributed by atoms with E-state index in [4.69, 9.17) is 15.4 Å². The Labute approximate surface area is 129 Å². The highest BCUT2D eigenvalue weighted by molar-refractivity contribution is 8.13. The molecule has 0 spiro atoms. The third kappa shape index (κ3) is 6.35. The van der Waals surface area contributed by atoms with Crippen LogP contribution in [0.2, 0.25) is 0 Å². The van der Waals surface area contributed by atoms with Crippen molar-refractivity contribution in [3.8, 4) is 0 Å². The number of benzene rings is 1. The minimum atomic E-state index is -3.55. The maximum Gasteiger partial charge on any atom is 0.407 e. The van der Waals surface area contributed by atoms with E-state index < -0.39 is 15.1 Å². The van der Waals surface area contributed by atoms with Gasteiger partial charge >= 0.3 is 6.09 Å². The third-order valence-corrected chi connectivity index (χ3v) is 4.63. The molecular formula is C14H18ClNO4S. The highest BCUT2D eigenvalue weighted by atomic mass is 35.7. The molecule has 21 heavy (non-hydrogen) atoms. The van der Waals surface area contributed by atoms with Crippen LogP contribution in [0, 0.1) is 11.8 Å². The van der Waals surface area contributed by atoms with E-state index in [9.17, 15) is 13.2 Å². The van der Waals surface area contributed by atoms with Crippen LogP contribution in [0.25, 0.3) is 0 Å². The van der Waals surface area contributed by atoms with Gasteiger partial charge in [0.15, 0.2) is 0 Å². The van der Waals surface area contributed by atoms with Crippen LogP contribution in [-0.2, 0) is 20.4 Å². The van der Waals surface area contributed by atoms with Gasteiger partial charge in [0.1, 0.15) is 6.61 Å². The van der Waals surface area contributed by atoms with Crippen molar-refractivity contribution in [3.63, 3.8) is 0 Å². The average Bonchev–Trinajstić information content (AvgIpc) is 3.25. The SMILES string of the molecule is O=C(NCC(CS(=O)(=O)Cl)C1CC1)OCc1ccccc1. The second-order valence-electron chi connectivity index (χ2n) is 5.25. The van der Waals surface area contributed by atoms with Crippen molar-refractivity contribution in [2.45, 2.75) is 19.4 Å². The molecule has 7 heteroatoms. The normalized spacial score (nSPS) is 16.2. The summed E-state index contributed by atoms with van der Waals surface area (Å²) in [5.41, 5.74) is 0.898. The number of carbonyl (C=O) groups is 1. The molecule has 0 radical (unpaired) electrons. The summed E-state index contributed by atoms with van der Waals surface area (Å²) in [5.74, 6) is 0.0720. The van der Waals surface area contributed by atoms with E-state index in [1.165, 1.54) is 0 Å². The summed E-state index contributed by atoms with van der Waals surface area (Å²) in [6, 6.07) is 9.34. The lowest BCUT2D eigenvalue weighted by Crippen LogP contribution is -2.33. The maximum absolute atomic E-state index is 11.6. The molecule has 2 rings (SSSR count). The minimum Gasteiger partial charge on any atom is -0.445 e. The fraction of sp³-hybridized carbons (Fsp3) is 0.500. The Morgan fingerprint density at radius 2 is 2.00 bits per heavy atom. The molecule has 0 aromatic heterocycles. The van der Waals surface area contributed by atoms with Crippen molar-refractivity contribution in [1.82, 2.24) is 5.32 Å². The van der Waals surface area contributed by atoms with Gasteiger partial charge in [-0.05, 0) is 30.2 Å². The van der Waals surface area contributed by atoms with E-state index in [2.05, 4.69) is 5.32 Å². The fourth-order valence-electron chi connectivity index (χ4n) is 2.17. The number of ether oxygens (including phenoxy) is 1. The lowest BCUT2D eigenvalue weighted by Gasteiger charge is -2.15. The van der Waals surface area contributed by atoms with Gasteiger partial charge in [-0.15, -0.1) is 0 Å². The first-order chi connectivity index (χ1) is 9.94. The highest BCUT2D eigenvalue weighted by Crippen LogP contribution is 2.37. The lowest BCUT2D eigenvalue weighted by molar-refractivity contribution is 0.138. The van der Waals surface area contributed by atoms with Crippen molar-refractivity contribution in [3.05, 3.63) is 35.9 Å². The van der Waals surface area contributed by atoms with Gasteiger partial charge < -0.3 is 10.1 Å². The molecule has 0 aliphatic heterocycles. The molecule has 1 aromatic carbocycles. The first kappa shape index (κ1) is 16.1. The monoisotopic (exact) mass is 331 g/mol. The molecule has 1 aliphatic carbocycles. The summed E-state index contributed by atoms with van der Waals surface area (Å²) in [6.45, 7) is 0.457. The molecule has 1 unspecified atom stereocenters. The first-order valence-electron chi connectivity index (χ1n) is 6.81. The van der Waals surface area contributed by atoms with Crippen molar-refractivity contribution in [1.29, 1.82) is 0 Å². The quantitative estimate of drug-likeness (QED) is 0.779. The van der Waals surface area contributed by atoms with Gasteiger partial charge in [-0.1, -0.05) is 30.3 Å². The molecule has 1 amide bonds. The summed E-state index contributed by atoms with van der Waals surface area (Å²) in [6.07, 6.45) is 1.42. The molecule has 5 nitrogen and oxygen atoms in total. The number of alkyl carbamates (subject to hydrolysis) is 1. The molecule has 1 saturated carbocycles. The average molecular weight is 332 g/mol. The molecule has 0 heterocycles. The van der Waals surface area contributed by atoms with Gasteiger partial charge in [-0.2, -0.15) is 0 Å². The highest BCUT2D eigenvalue weighted by Gasteiger charge is 2.34. The second-order valence-corrected chi connectivity index (χ2v) is 8.07. The van der Waals surface area contributed by atoms with Crippen molar-refractivity contribution < 1.29 is 17.9 Å². The Morgan fingerprint density at radius 3 is 2.57 bits per heavy atom. The first-order valence-corrected chi connectivity index (χ1v) is 9.29. The van der Waals surface area contributed by atoms with Gasteiger partial charge in [-0.3, -0.25) is 0 Å². The molecular weight excluding hydrogens is 314 g/mol. The van der Waals surface area contributed by atoms with Gasteiger partial charge in [0.25, 0.3) is 0 Å². The topological polar surface area (TPSA) is 72.5 Å². The molecule has 1 aliphatic rings. The smallest absolute Gasteiger partial charge is 0.407 e. The van der Waals surface area contributed by atoms with Crippen LogP contribution < -0.4 is 5.32 Å². The van der Waals surface area contributed by atoms with E-state index >= 15 is 0 Å². The van der Waals surface area contributed by atoms with E-state index in [-0.39, 0.29) is 24.8 Å². The fourth-order valence-corrected chi connectivity index (χ4v) is 3.56. The van der Waals surface area contributed by atoms with E-state index in [1.54, 1.807) is 0 Å². The zero-order chi connectivity index (χ0) is 15.3. The van der Waals surface area contributed by atoms with Crippen LogP contribution in [0.1, 0.15) is 18.4 Å². The van der Waals surface area contributed by atoms with E-state index in [0.717, 1.165) is 18.4 Å². The minimum absolute atomic E-state index is 0.113. The van der Waals surface area contributed by atoms with Crippen LogP contribution in [0.15, 0.2) is 30.3 Å². The zero-order valence-corrected chi connectivity index (χ0v) is 13.1. The Bertz CT molecular complexity index is 572. The molecule has 1 N–H and O–H groups in total. The van der Waals surface area contributed by atoms with Crippen LogP contribution in [-0.4, -0.2) is 26.8 Å². The summed E-state index contributed by atoms with van der Waals surface area (Å²) in [5, 5.41) is 2.61. The van der Waals surface area contributed by atoms with Gasteiger partial charge in [-0.25, -0.2) is 13.2 Å². The van der Waals surface area contributed by atoms with E-state index in [0.29, 0.717) is 5.92 Å². The second kappa shape index (κ2) is 7.13. The molecule has 0 bridgehead atoms. The Morgan fingerprint density at radius 1 is 1.33 bits per heavy atom. The molecule has 1 aromatic rings. The number of halogens is 1. The summed E-state index contributed by atoms with van der Waals surface area (Å²) in [7, 11) is 1.73. The maximum atomic E-state index is 11.6. The predicted molar refractivity (Wildman–Crippen MR) is 80.5 cm³/mol. The molecule has 1 fully saturated rings. The van der Waals surface area contributed by atoms with Gasteiger partial charge in [0, 0.05) is 17.2 Å². The standard InChI is InChI=1S/C14H18ClNO4S/c15-21(18,19)10-13(12-6-7-12)8-16-14(17)20-9-11-4-2-1-3-5-11/h1-5,12-13H,6-10H2,(H,16,17). The van der Waals surface area contributed by atoms with Crippen molar-refractivity contribution >= 4 is 25.8 Å². The predicted octanol–water partition coefficient (Wildman–Crippen LogP) is 2.51. The number of nitrogens with one attached hydrogen (secondary N) is 1. The van der Waals surface area contributed by atoms with Crippen LogP contribution in [0.5, 0.6) is 0 Å². The molecule has 0 saturated heterocycles.